The summed E-state index contributed by atoms with van der Waals surface area (Å²) in [5, 5.41) is 26.2. The Balaban J connectivity index is 1.25. The van der Waals surface area contributed by atoms with E-state index in [1.807, 2.05) is 61.9 Å². The Kier molecular flexibility index (Phi) is 11.2. The SMILES string of the molecule is CCC[C@@H](CCC/C=[N+](\C(=O)NCc1ccccc1)c1ccc(-c2cnn(C)c2)cn1)Nc1ncc(C#N)c(NC2CNC(=O)C2)n1. The van der Waals surface area contributed by atoms with Gasteiger partial charge >= 0.3 is 6.03 Å². The zero-order chi connectivity index (χ0) is 33.0. The Morgan fingerprint density at radius 3 is 2.68 bits per heavy atom. The lowest BCUT2D eigenvalue weighted by Crippen LogP contribution is -2.31. The summed E-state index contributed by atoms with van der Waals surface area (Å²) in [6, 6.07) is 15.4. The maximum atomic E-state index is 13.4. The van der Waals surface area contributed by atoms with Gasteiger partial charge in [0.25, 0.3) is 5.82 Å². The first-order chi connectivity index (χ1) is 22.9. The maximum absolute atomic E-state index is 13.4. The van der Waals surface area contributed by atoms with Gasteiger partial charge in [-0.05, 0) is 37.3 Å². The van der Waals surface area contributed by atoms with Crippen LogP contribution in [0.2, 0.25) is 0 Å². The summed E-state index contributed by atoms with van der Waals surface area (Å²) in [4.78, 5) is 38.6. The second-order valence-corrected chi connectivity index (χ2v) is 11.5. The van der Waals surface area contributed by atoms with E-state index in [1.165, 1.54) is 6.20 Å². The number of nitrogens with one attached hydrogen (secondary N) is 4. The van der Waals surface area contributed by atoms with Crippen molar-refractivity contribution in [2.75, 3.05) is 17.2 Å². The van der Waals surface area contributed by atoms with Gasteiger partial charge in [0.05, 0.1) is 31.2 Å². The molecule has 4 aromatic rings. The minimum Gasteiger partial charge on any atom is -0.364 e. The summed E-state index contributed by atoms with van der Waals surface area (Å²) < 4.78 is 3.31. The quantitative estimate of drug-likeness (QED) is 0.0886. The molecule has 4 N–H and O–H groups in total. The Hall–Kier alpha value is -5.64. The number of aryl methyl sites for hydroxylation is 1. The molecule has 3 amide bonds. The lowest BCUT2D eigenvalue weighted by Gasteiger charge is -2.19. The predicted octanol–water partition coefficient (Wildman–Crippen LogP) is 4.52. The molecule has 1 unspecified atom stereocenters. The first-order valence-electron chi connectivity index (χ1n) is 15.9. The number of benzene rings is 1. The summed E-state index contributed by atoms with van der Waals surface area (Å²) in [6.45, 7) is 3.00. The van der Waals surface area contributed by atoms with Crippen LogP contribution in [0.3, 0.4) is 0 Å². The predicted molar refractivity (Wildman–Crippen MR) is 179 cm³/mol. The Bertz CT molecular complexity index is 1730. The third-order valence-corrected chi connectivity index (χ3v) is 7.80. The van der Waals surface area contributed by atoms with Crippen molar-refractivity contribution in [3.63, 3.8) is 0 Å². The molecule has 0 aliphatic carbocycles. The number of hydrogen-bond donors (Lipinski definition) is 4. The fourth-order valence-corrected chi connectivity index (χ4v) is 5.36. The number of carbonyl (C=O) groups excluding carboxylic acids is 2. The molecule has 1 aliphatic rings. The van der Waals surface area contributed by atoms with Crippen molar-refractivity contribution in [1.29, 1.82) is 5.26 Å². The topological polar surface area (TPSA) is 166 Å². The van der Waals surface area contributed by atoms with Crippen LogP contribution in [0.5, 0.6) is 0 Å². The minimum atomic E-state index is -0.260. The molecule has 0 saturated carbocycles. The number of anilines is 2. The van der Waals surface area contributed by atoms with E-state index in [-0.39, 0.29) is 24.0 Å². The summed E-state index contributed by atoms with van der Waals surface area (Å²) in [7, 11) is 1.87. The van der Waals surface area contributed by atoms with Crippen LogP contribution in [0.25, 0.3) is 11.1 Å². The van der Waals surface area contributed by atoms with E-state index >= 15 is 0 Å². The lowest BCUT2D eigenvalue weighted by molar-refractivity contribution is -0.334. The monoisotopic (exact) mass is 634 g/mol. The van der Waals surface area contributed by atoms with Crippen LogP contribution in [-0.4, -0.2) is 66.1 Å². The molecule has 13 heteroatoms. The van der Waals surface area contributed by atoms with Gasteiger partial charge in [-0.3, -0.25) is 14.8 Å². The van der Waals surface area contributed by atoms with Crippen LogP contribution < -0.4 is 21.3 Å². The minimum absolute atomic E-state index is 0.0296. The van der Waals surface area contributed by atoms with E-state index in [1.54, 1.807) is 21.7 Å². The zero-order valence-corrected chi connectivity index (χ0v) is 26.7. The molecule has 1 saturated heterocycles. The molecule has 1 aliphatic heterocycles. The fourth-order valence-electron chi connectivity index (χ4n) is 5.36. The lowest BCUT2D eigenvalue weighted by atomic mass is 10.1. The highest BCUT2D eigenvalue weighted by atomic mass is 16.2. The number of aromatic nitrogens is 5. The molecule has 1 fully saturated rings. The van der Waals surface area contributed by atoms with Gasteiger partial charge in [0.2, 0.25) is 11.9 Å². The van der Waals surface area contributed by atoms with E-state index in [0.717, 1.165) is 42.4 Å². The molecule has 4 heterocycles. The standard InChI is InChI=1S/C34H39N11O2/c1-3-9-28(42-33-38-20-26(17-35)32(43-33)41-29-16-31(46)37-22-29)12-7-8-15-45(34(47)39-18-24-10-5-4-6-11-24)30-14-13-25(19-36-30)27-21-40-44(2)23-27/h4-6,10-11,13-15,19-21,23,28-29H,3,7-9,12,16,18,22H2,1-2H3,(H3-,37,38,39,41,42,43,46,47)/p+1/b45-15-/t28-,29?/m0/s1. The van der Waals surface area contributed by atoms with Crippen LogP contribution in [0, 0.1) is 11.3 Å². The smallest absolute Gasteiger partial charge is 0.364 e. The second-order valence-electron chi connectivity index (χ2n) is 11.5. The van der Waals surface area contributed by atoms with Gasteiger partial charge in [0, 0.05) is 49.4 Å². The molecule has 3 aromatic heterocycles. The highest BCUT2D eigenvalue weighted by molar-refractivity contribution is 5.79. The number of nitrogens with zero attached hydrogens (tertiary/aromatic N) is 7. The van der Waals surface area contributed by atoms with Crippen molar-refractivity contribution in [3.05, 3.63) is 78.4 Å². The van der Waals surface area contributed by atoms with Gasteiger partial charge in [0.1, 0.15) is 23.6 Å². The van der Waals surface area contributed by atoms with Crippen LogP contribution >= 0.6 is 0 Å². The third-order valence-electron chi connectivity index (χ3n) is 7.80. The van der Waals surface area contributed by atoms with Gasteiger partial charge in [-0.15, -0.1) is 4.98 Å². The van der Waals surface area contributed by atoms with E-state index in [9.17, 15) is 14.9 Å². The Labute approximate surface area is 274 Å². The van der Waals surface area contributed by atoms with Crippen molar-refractivity contribution in [1.82, 2.24) is 35.4 Å². The van der Waals surface area contributed by atoms with Crippen LogP contribution in [0.15, 0.2) is 67.3 Å². The van der Waals surface area contributed by atoms with Gasteiger partial charge in [0.15, 0.2) is 0 Å². The number of rotatable bonds is 14. The molecule has 0 spiro atoms. The highest BCUT2D eigenvalue weighted by Gasteiger charge is 2.23. The first-order valence-corrected chi connectivity index (χ1v) is 15.9. The molecule has 13 nitrogen and oxygen atoms in total. The van der Waals surface area contributed by atoms with Gasteiger partial charge in [-0.1, -0.05) is 43.7 Å². The third kappa shape index (κ3) is 9.20. The largest absolute Gasteiger partial charge is 0.441 e. The molecular weight excluding hydrogens is 594 g/mol. The van der Waals surface area contributed by atoms with E-state index in [4.69, 9.17) is 0 Å². The number of amides is 3. The average molecular weight is 635 g/mol. The van der Waals surface area contributed by atoms with Crippen molar-refractivity contribution in [2.45, 2.75) is 64.1 Å². The van der Waals surface area contributed by atoms with Crippen molar-refractivity contribution in [2.24, 2.45) is 7.05 Å². The van der Waals surface area contributed by atoms with Crippen molar-refractivity contribution in [3.8, 4) is 17.2 Å². The van der Waals surface area contributed by atoms with Crippen LogP contribution in [0.4, 0.5) is 22.4 Å². The van der Waals surface area contributed by atoms with E-state index < -0.39 is 0 Å². The van der Waals surface area contributed by atoms with Gasteiger partial charge in [-0.25, -0.2) is 9.78 Å². The van der Waals surface area contributed by atoms with E-state index in [2.05, 4.69) is 54.3 Å². The fraction of sp³-hybridized carbons (Fsp3) is 0.353. The number of unbranched alkanes of at least 4 members (excludes halogenated alkanes) is 1. The van der Waals surface area contributed by atoms with E-state index in [0.29, 0.717) is 49.1 Å². The maximum Gasteiger partial charge on any atom is 0.441 e. The summed E-state index contributed by atoms with van der Waals surface area (Å²) >= 11 is 0. The summed E-state index contributed by atoms with van der Waals surface area (Å²) in [6.07, 6.45) is 13.3. The molecule has 0 radical (unpaired) electrons. The second kappa shape index (κ2) is 16.1. The summed E-state index contributed by atoms with van der Waals surface area (Å²) in [5.74, 6) is 1.33. The molecular formula is C34H40N11O2+. The first kappa shape index (κ1) is 32.7. The number of nitriles is 1. The molecule has 242 valence electrons. The molecule has 1 aromatic carbocycles. The Morgan fingerprint density at radius 1 is 1.15 bits per heavy atom. The normalized spacial score (nSPS) is 15.0. The van der Waals surface area contributed by atoms with Crippen LogP contribution in [-0.2, 0) is 18.4 Å². The molecule has 5 rings (SSSR count). The number of pyridine rings is 1. The average Bonchev–Trinajstić information content (AvgIpc) is 3.71. The number of hydrogen-bond acceptors (Lipinski definition) is 9. The van der Waals surface area contributed by atoms with Crippen molar-refractivity contribution >= 4 is 35.7 Å². The number of carbonyl (C=O) groups is 2. The molecule has 0 bridgehead atoms. The van der Waals surface area contributed by atoms with Crippen LogP contribution in [0.1, 0.15) is 56.6 Å². The zero-order valence-electron chi connectivity index (χ0n) is 26.7. The van der Waals surface area contributed by atoms with Crippen molar-refractivity contribution < 1.29 is 14.2 Å². The molecule has 47 heavy (non-hydrogen) atoms. The highest BCUT2D eigenvalue weighted by Crippen LogP contribution is 2.21. The van der Waals surface area contributed by atoms with Gasteiger partial charge < -0.3 is 16.0 Å². The number of urea groups is 1. The molecule has 2 atom stereocenters. The summed E-state index contributed by atoms with van der Waals surface area (Å²) in [5.41, 5.74) is 3.19. The van der Waals surface area contributed by atoms with Gasteiger partial charge in [-0.2, -0.15) is 19.9 Å². The Morgan fingerprint density at radius 2 is 2.00 bits per heavy atom.